The maximum absolute atomic E-state index is 4.57. The van der Waals surface area contributed by atoms with Gasteiger partial charge in [0.15, 0.2) is 5.82 Å². The molecule has 108 valence electrons. The zero-order chi connectivity index (χ0) is 13.7. The van der Waals surface area contributed by atoms with Gasteiger partial charge in [0, 0.05) is 25.4 Å². The van der Waals surface area contributed by atoms with Crippen molar-refractivity contribution in [1.82, 2.24) is 20.1 Å². The lowest BCUT2D eigenvalue weighted by molar-refractivity contribution is 0.277. The number of hydrogen-bond acceptors (Lipinski definition) is 3. The van der Waals surface area contributed by atoms with Gasteiger partial charge >= 0.3 is 0 Å². The molecule has 1 fully saturated rings. The van der Waals surface area contributed by atoms with Crippen LogP contribution >= 0.6 is 0 Å². The summed E-state index contributed by atoms with van der Waals surface area (Å²) in [5.74, 6) is 2.92. The molecule has 4 heteroatoms. The minimum Gasteiger partial charge on any atom is -0.312 e. The fraction of sp³-hybridized carbons (Fsp3) is 0.867. The quantitative estimate of drug-likeness (QED) is 0.858. The van der Waals surface area contributed by atoms with E-state index in [0.717, 1.165) is 43.5 Å². The van der Waals surface area contributed by atoms with Crippen LogP contribution in [-0.2, 0) is 19.4 Å². The molecule has 1 aromatic rings. The van der Waals surface area contributed by atoms with Crippen LogP contribution in [0, 0.1) is 5.92 Å². The summed E-state index contributed by atoms with van der Waals surface area (Å²) in [5, 5.41) is 8.28. The Labute approximate surface area is 117 Å². The van der Waals surface area contributed by atoms with E-state index < -0.39 is 0 Å². The number of nitrogens with one attached hydrogen (secondary N) is 1. The first-order chi connectivity index (χ1) is 9.24. The topological polar surface area (TPSA) is 42.7 Å². The molecule has 1 aliphatic carbocycles. The van der Waals surface area contributed by atoms with Crippen LogP contribution in [0.5, 0.6) is 0 Å². The van der Waals surface area contributed by atoms with Crippen molar-refractivity contribution < 1.29 is 0 Å². The fourth-order valence-electron chi connectivity index (χ4n) is 2.99. The molecule has 1 aliphatic rings. The van der Waals surface area contributed by atoms with Crippen molar-refractivity contribution in [3.63, 3.8) is 0 Å². The number of aryl methyl sites for hydroxylation is 2. The van der Waals surface area contributed by atoms with Gasteiger partial charge < -0.3 is 5.32 Å². The average Bonchev–Trinajstić information content (AvgIpc) is 2.83. The molecule has 1 heterocycles. The number of rotatable bonds is 6. The summed E-state index contributed by atoms with van der Waals surface area (Å²) >= 11 is 0. The predicted octanol–water partition coefficient (Wildman–Crippen LogP) is 2.57. The van der Waals surface area contributed by atoms with Crippen molar-refractivity contribution in [3.05, 3.63) is 11.6 Å². The Hall–Kier alpha value is -0.900. The third-order valence-electron chi connectivity index (χ3n) is 4.27. The van der Waals surface area contributed by atoms with Crippen molar-refractivity contribution in [2.24, 2.45) is 5.92 Å². The van der Waals surface area contributed by atoms with Crippen LogP contribution in [0.25, 0.3) is 0 Å². The van der Waals surface area contributed by atoms with Crippen molar-refractivity contribution in [3.8, 4) is 0 Å². The van der Waals surface area contributed by atoms with E-state index in [2.05, 4.69) is 40.9 Å². The molecule has 1 saturated carbocycles. The second kappa shape index (κ2) is 7.04. The van der Waals surface area contributed by atoms with E-state index >= 15 is 0 Å². The molecule has 1 aromatic heterocycles. The molecule has 2 rings (SSSR count). The maximum Gasteiger partial charge on any atom is 0.150 e. The molecule has 0 radical (unpaired) electrons. The highest BCUT2D eigenvalue weighted by molar-refractivity contribution is 4.92. The molecule has 0 aliphatic heterocycles. The van der Waals surface area contributed by atoms with Gasteiger partial charge in [-0.15, -0.1) is 0 Å². The summed E-state index contributed by atoms with van der Waals surface area (Å²) in [6.07, 6.45) is 7.38. The Morgan fingerprint density at radius 2 is 2.00 bits per heavy atom. The van der Waals surface area contributed by atoms with Crippen LogP contribution < -0.4 is 5.32 Å². The molecule has 0 saturated heterocycles. The minimum atomic E-state index is 0.702. The Kier molecular flexibility index (Phi) is 5.37. The van der Waals surface area contributed by atoms with E-state index in [9.17, 15) is 0 Å². The standard InChI is InChI=1S/C15H28N4/c1-4-14-17-15(5-2)19(18-14)11-10-16-13-9-7-6-8-12(13)3/h12-13,16H,4-11H2,1-3H3. The summed E-state index contributed by atoms with van der Waals surface area (Å²) in [4.78, 5) is 4.55. The Bertz CT molecular complexity index is 385. The summed E-state index contributed by atoms with van der Waals surface area (Å²) in [5.41, 5.74) is 0. The molecule has 0 bridgehead atoms. The fourth-order valence-corrected chi connectivity index (χ4v) is 2.99. The minimum absolute atomic E-state index is 0.702. The largest absolute Gasteiger partial charge is 0.312 e. The first-order valence-electron chi connectivity index (χ1n) is 7.90. The first-order valence-corrected chi connectivity index (χ1v) is 7.90. The molecular formula is C15H28N4. The molecule has 1 N–H and O–H groups in total. The third-order valence-corrected chi connectivity index (χ3v) is 4.27. The Balaban J connectivity index is 1.83. The van der Waals surface area contributed by atoms with Crippen molar-refractivity contribution >= 4 is 0 Å². The number of nitrogens with zero attached hydrogens (tertiary/aromatic N) is 3. The first kappa shape index (κ1) is 14.5. The second-order valence-electron chi connectivity index (χ2n) is 5.70. The van der Waals surface area contributed by atoms with Crippen LogP contribution in [0.15, 0.2) is 0 Å². The van der Waals surface area contributed by atoms with Gasteiger partial charge in [0.05, 0.1) is 6.54 Å². The smallest absolute Gasteiger partial charge is 0.150 e. The lowest BCUT2D eigenvalue weighted by Gasteiger charge is -2.29. The van der Waals surface area contributed by atoms with Gasteiger partial charge in [0.1, 0.15) is 5.82 Å². The molecule has 2 atom stereocenters. The zero-order valence-electron chi connectivity index (χ0n) is 12.7. The van der Waals surface area contributed by atoms with Crippen molar-refractivity contribution in [2.75, 3.05) is 6.54 Å². The van der Waals surface area contributed by atoms with E-state index in [1.807, 2.05) is 0 Å². The Morgan fingerprint density at radius 3 is 2.68 bits per heavy atom. The van der Waals surface area contributed by atoms with Crippen LogP contribution in [0.3, 0.4) is 0 Å². The molecule has 0 spiro atoms. The molecule has 2 unspecified atom stereocenters. The Morgan fingerprint density at radius 1 is 1.21 bits per heavy atom. The highest BCUT2D eigenvalue weighted by atomic mass is 15.3. The van der Waals surface area contributed by atoms with Crippen LogP contribution in [-0.4, -0.2) is 27.4 Å². The van der Waals surface area contributed by atoms with E-state index in [0.29, 0.717) is 6.04 Å². The summed E-state index contributed by atoms with van der Waals surface area (Å²) in [7, 11) is 0. The molecule has 19 heavy (non-hydrogen) atoms. The predicted molar refractivity (Wildman–Crippen MR) is 78.2 cm³/mol. The van der Waals surface area contributed by atoms with Gasteiger partial charge in [-0.05, 0) is 18.8 Å². The highest BCUT2D eigenvalue weighted by Crippen LogP contribution is 2.23. The van der Waals surface area contributed by atoms with Gasteiger partial charge in [-0.3, -0.25) is 0 Å². The van der Waals surface area contributed by atoms with E-state index in [4.69, 9.17) is 0 Å². The lowest BCUT2D eigenvalue weighted by atomic mass is 9.86. The van der Waals surface area contributed by atoms with E-state index in [1.165, 1.54) is 25.7 Å². The molecule has 0 amide bonds. The molecule has 4 nitrogen and oxygen atoms in total. The van der Waals surface area contributed by atoms with Crippen LogP contribution in [0.1, 0.15) is 58.1 Å². The highest BCUT2D eigenvalue weighted by Gasteiger charge is 2.20. The van der Waals surface area contributed by atoms with E-state index in [-0.39, 0.29) is 0 Å². The average molecular weight is 264 g/mol. The van der Waals surface area contributed by atoms with Crippen LogP contribution in [0.4, 0.5) is 0 Å². The summed E-state index contributed by atoms with van der Waals surface area (Å²) in [6.45, 7) is 8.59. The monoisotopic (exact) mass is 264 g/mol. The molecular weight excluding hydrogens is 236 g/mol. The van der Waals surface area contributed by atoms with Gasteiger partial charge in [0.25, 0.3) is 0 Å². The van der Waals surface area contributed by atoms with Crippen molar-refractivity contribution in [1.29, 1.82) is 0 Å². The van der Waals surface area contributed by atoms with Crippen molar-refractivity contribution in [2.45, 2.75) is 71.9 Å². The zero-order valence-corrected chi connectivity index (χ0v) is 12.7. The van der Waals surface area contributed by atoms with Gasteiger partial charge in [-0.25, -0.2) is 9.67 Å². The third kappa shape index (κ3) is 3.78. The second-order valence-corrected chi connectivity index (χ2v) is 5.70. The van der Waals surface area contributed by atoms with E-state index in [1.54, 1.807) is 0 Å². The lowest BCUT2D eigenvalue weighted by Crippen LogP contribution is -2.39. The summed E-state index contributed by atoms with van der Waals surface area (Å²) < 4.78 is 2.08. The normalized spacial score (nSPS) is 23.7. The van der Waals surface area contributed by atoms with Crippen LogP contribution in [0.2, 0.25) is 0 Å². The van der Waals surface area contributed by atoms with Gasteiger partial charge in [0.2, 0.25) is 0 Å². The summed E-state index contributed by atoms with van der Waals surface area (Å²) in [6, 6.07) is 0.702. The number of hydrogen-bond donors (Lipinski definition) is 1. The number of aromatic nitrogens is 3. The van der Waals surface area contributed by atoms with Gasteiger partial charge in [-0.1, -0.05) is 33.6 Å². The van der Waals surface area contributed by atoms with Gasteiger partial charge in [-0.2, -0.15) is 5.10 Å². The SMILES string of the molecule is CCc1nc(CC)n(CCNC2CCCCC2C)n1. The molecule has 0 aromatic carbocycles. The maximum atomic E-state index is 4.57.